The van der Waals surface area contributed by atoms with Gasteiger partial charge in [0.15, 0.2) is 5.65 Å². The van der Waals surface area contributed by atoms with Gasteiger partial charge in [0, 0.05) is 31.7 Å². The smallest absolute Gasteiger partial charge is 0.156 e. The predicted molar refractivity (Wildman–Crippen MR) is 105 cm³/mol. The number of hydrogen-bond acceptors (Lipinski definition) is 4. The first-order chi connectivity index (χ1) is 13.3. The molecule has 0 atom stereocenters. The van der Waals surface area contributed by atoms with E-state index in [0.717, 1.165) is 38.1 Å². The molecule has 0 aromatic carbocycles. The predicted octanol–water partition coefficient (Wildman–Crippen LogP) is 3.34. The molecule has 0 amide bonds. The Labute approximate surface area is 160 Å². The van der Waals surface area contributed by atoms with E-state index in [1.165, 1.54) is 61.4 Å². The Morgan fingerprint density at radius 3 is 2.74 bits per heavy atom. The van der Waals surface area contributed by atoms with E-state index in [-0.39, 0.29) is 0 Å². The minimum atomic E-state index is 0.596. The molecule has 3 fully saturated rings. The molecule has 0 radical (unpaired) electrons. The third kappa shape index (κ3) is 2.59. The second-order valence-electron chi connectivity index (χ2n) is 9.05. The lowest BCUT2D eigenvalue weighted by Gasteiger charge is -2.50. The van der Waals surface area contributed by atoms with Crippen LogP contribution in [0.4, 0.5) is 0 Å². The van der Waals surface area contributed by atoms with E-state index in [4.69, 9.17) is 14.7 Å². The Morgan fingerprint density at radius 1 is 1.11 bits per heavy atom. The second-order valence-corrected chi connectivity index (χ2v) is 9.05. The monoisotopic (exact) mass is 364 g/mol. The van der Waals surface area contributed by atoms with Crippen molar-refractivity contribution in [1.82, 2.24) is 19.7 Å². The molecule has 5 heteroatoms. The molecule has 2 aromatic rings. The van der Waals surface area contributed by atoms with Crippen LogP contribution in [0.15, 0.2) is 18.5 Å². The topological polar surface area (TPSA) is 51.5 Å². The van der Waals surface area contributed by atoms with Gasteiger partial charge in [-0.25, -0.2) is 4.98 Å². The molecule has 2 aliphatic carbocycles. The van der Waals surface area contributed by atoms with Gasteiger partial charge in [0.1, 0.15) is 0 Å². The van der Waals surface area contributed by atoms with Crippen LogP contribution >= 0.6 is 0 Å². The maximum Gasteiger partial charge on any atom is 0.156 e. The van der Waals surface area contributed by atoms with Gasteiger partial charge in [-0.15, -0.1) is 0 Å². The Balaban J connectivity index is 1.31. The number of allylic oxidation sites excluding steroid dienone is 2. The molecule has 1 N–H and O–H groups in total. The highest BCUT2D eigenvalue weighted by atomic mass is 16.5. The van der Waals surface area contributed by atoms with Crippen molar-refractivity contribution in [3.05, 3.63) is 35.6 Å². The van der Waals surface area contributed by atoms with E-state index >= 15 is 0 Å². The minimum absolute atomic E-state index is 0.596. The summed E-state index contributed by atoms with van der Waals surface area (Å²) < 4.78 is 7.93. The summed E-state index contributed by atoms with van der Waals surface area (Å²) in [5.74, 6) is 1.25. The fourth-order valence-electron chi connectivity index (χ4n) is 5.90. The van der Waals surface area contributed by atoms with Gasteiger partial charge in [0.25, 0.3) is 0 Å². The molecule has 2 aliphatic heterocycles. The van der Waals surface area contributed by atoms with E-state index < -0.39 is 0 Å². The minimum Gasteiger partial charge on any atom is -0.381 e. The normalized spacial score (nSPS) is 25.6. The Hall–Kier alpha value is -1.72. The summed E-state index contributed by atoms with van der Waals surface area (Å²) in [6.07, 6.45) is 15.2. The van der Waals surface area contributed by atoms with Crippen LogP contribution in [-0.4, -0.2) is 40.7 Å². The molecule has 4 aliphatic rings. The zero-order chi connectivity index (χ0) is 17.8. The van der Waals surface area contributed by atoms with Crippen LogP contribution in [0.25, 0.3) is 11.2 Å². The van der Waals surface area contributed by atoms with Crippen molar-refractivity contribution in [3.8, 4) is 0 Å². The standard InChI is InChI=1S/C22H28N4O/c1-2-18-21(17(1)15-3-9-27-10-4-15)26-14-19(25-20(26)13-24-18)16-11-22(12-16)5-7-23-8-6-22/h1,13-16,23H,2-12H2. The molecule has 0 bridgehead atoms. The van der Waals surface area contributed by atoms with E-state index in [2.05, 4.69) is 22.0 Å². The summed E-state index contributed by atoms with van der Waals surface area (Å²) in [6, 6.07) is 0. The zero-order valence-electron chi connectivity index (χ0n) is 15.9. The van der Waals surface area contributed by atoms with E-state index in [1.54, 1.807) is 0 Å². The van der Waals surface area contributed by atoms with Crippen LogP contribution in [-0.2, 0) is 11.2 Å². The molecule has 1 spiro atoms. The highest BCUT2D eigenvalue weighted by Crippen LogP contribution is 2.55. The lowest BCUT2D eigenvalue weighted by Crippen LogP contribution is -2.44. The van der Waals surface area contributed by atoms with Gasteiger partial charge >= 0.3 is 0 Å². The first-order valence-corrected chi connectivity index (χ1v) is 10.7. The average molecular weight is 364 g/mol. The lowest BCUT2D eigenvalue weighted by molar-refractivity contribution is 0.0589. The first kappa shape index (κ1) is 16.3. The van der Waals surface area contributed by atoms with Crippen LogP contribution in [0.5, 0.6) is 0 Å². The summed E-state index contributed by atoms with van der Waals surface area (Å²) in [4.78, 5) is 9.76. The van der Waals surface area contributed by atoms with Crippen LogP contribution in [0, 0.1) is 11.3 Å². The van der Waals surface area contributed by atoms with Crippen LogP contribution in [0.2, 0.25) is 0 Å². The third-order valence-corrected chi connectivity index (χ3v) is 7.49. The molecular weight excluding hydrogens is 336 g/mol. The fraction of sp³-hybridized carbons (Fsp3) is 0.636. The van der Waals surface area contributed by atoms with Crippen molar-refractivity contribution in [1.29, 1.82) is 0 Å². The number of nitrogens with one attached hydrogen (secondary N) is 1. The molecule has 6 rings (SSSR count). The molecule has 27 heavy (non-hydrogen) atoms. The quantitative estimate of drug-likeness (QED) is 0.888. The van der Waals surface area contributed by atoms with Crippen molar-refractivity contribution in [2.45, 2.75) is 50.9 Å². The number of hydrogen-bond donors (Lipinski definition) is 1. The van der Waals surface area contributed by atoms with Crippen molar-refractivity contribution in [2.75, 3.05) is 26.3 Å². The van der Waals surface area contributed by atoms with Gasteiger partial charge < -0.3 is 10.1 Å². The molecule has 5 nitrogen and oxygen atoms in total. The molecule has 2 saturated heterocycles. The summed E-state index contributed by atoms with van der Waals surface area (Å²) in [7, 11) is 0. The number of piperidine rings is 1. The second kappa shape index (κ2) is 6.14. The van der Waals surface area contributed by atoms with E-state index in [9.17, 15) is 0 Å². The molecule has 2 aromatic heterocycles. The van der Waals surface area contributed by atoms with Crippen molar-refractivity contribution >= 4 is 11.2 Å². The van der Waals surface area contributed by atoms with E-state index in [1.807, 2.05) is 6.20 Å². The summed E-state index contributed by atoms with van der Waals surface area (Å²) in [5, 5.41) is 3.51. The van der Waals surface area contributed by atoms with Crippen LogP contribution in [0.3, 0.4) is 0 Å². The zero-order valence-corrected chi connectivity index (χ0v) is 15.9. The number of rotatable bonds is 2. The Morgan fingerprint density at radius 2 is 1.93 bits per heavy atom. The van der Waals surface area contributed by atoms with Gasteiger partial charge in [-0.2, -0.15) is 0 Å². The SMILES string of the molecule is C1=C(C2CCOCC2)c2c(ncc3nc(C4CC5(CCNCC5)C4)cn23)C1. The molecule has 1 saturated carbocycles. The number of ether oxygens (including phenoxy) is 1. The van der Waals surface area contributed by atoms with Gasteiger partial charge in [0.2, 0.25) is 0 Å². The molecule has 0 unspecified atom stereocenters. The van der Waals surface area contributed by atoms with Gasteiger partial charge in [-0.1, -0.05) is 6.08 Å². The fourth-order valence-corrected chi connectivity index (χ4v) is 5.90. The van der Waals surface area contributed by atoms with Crippen molar-refractivity contribution in [2.24, 2.45) is 11.3 Å². The number of aromatic nitrogens is 3. The van der Waals surface area contributed by atoms with E-state index in [0.29, 0.717) is 17.3 Å². The van der Waals surface area contributed by atoms with Gasteiger partial charge in [-0.05, 0) is 68.5 Å². The largest absolute Gasteiger partial charge is 0.381 e. The third-order valence-electron chi connectivity index (χ3n) is 7.49. The van der Waals surface area contributed by atoms with Crippen LogP contribution in [0.1, 0.15) is 61.5 Å². The highest BCUT2D eigenvalue weighted by Gasteiger charge is 2.45. The Bertz CT molecular complexity index is 894. The first-order valence-electron chi connectivity index (χ1n) is 10.7. The van der Waals surface area contributed by atoms with Crippen LogP contribution < -0.4 is 5.32 Å². The molecular formula is C22H28N4O. The lowest BCUT2D eigenvalue weighted by atomic mass is 9.57. The summed E-state index contributed by atoms with van der Waals surface area (Å²) >= 11 is 0. The Kier molecular flexibility index (Phi) is 3.70. The highest BCUT2D eigenvalue weighted by molar-refractivity contribution is 5.73. The summed E-state index contributed by atoms with van der Waals surface area (Å²) in [5.41, 5.74) is 6.94. The van der Waals surface area contributed by atoms with Gasteiger partial charge in [-0.3, -0.25) is 9.38 Å². The summed E-state index contributed by atoms with van der Waals surface area (Å²) in [6.45, 7) is 4.15. The van der Waals surface area contributed by atoms with Gasteiger partial charge in [0.05, 0.1) is 23.3 Å². The maximum atomic E-state index is 5.58. The number of imidazole rings is 1. The number of nitrogens with zero attached hydrogens (tertiary/aromatic N) is 3. The van der Waals surface area contributed by atoms with Crippen molar-refractivity contribution in [3.63, 3.8) is 0 Å². The number of fused-ring (bicyclic) bond motifs is 3. The van der Waals surface area contributed by atoms with Crippen molar-refractivity contribution < 1.29 is 4.74 Å². The molecule has 142 valence electrons. The molecule has 4 heterocycles. The maximum absolute atomic E-state index is 5.58. The average Bonchev–Trinajstić information content (AvgIpc) is 3.31.